The van der Waals surface area contributed by atoms with Gasteiger partial charge in [-0.3, -0.25) is 4.79 Å². The smallest absolute Gasteiger partial charge is 0.225 e. The van der Waals surface area contributed by atoms with Crippen LogP contribution in [-0.4, -0.2) is 58.9 Å². The molecule has 0 aromatic heterocycles. The lowest BCUT2D eigenvalue weighted by Gasteiger charge is -2.35. The Morgan fingerprint density at radius 1 is 1.24 bits per heavy atom. The molecule has 2 aromatic carbocycles. The molecule has 6 nitrogen and oxygen atoms in total. The van der Waals surface area contributed by atoms with Crippen molar-refractivity contribution in [3.8, 4) is 0 Å². The van der Waals surface area contributed by atoms with E-state index >= 15 is 0 Å². The van der Waals surface area contributed by atoms with Crippen molar-refractivity contribution in [2.45, 2.75) is 69.9 Å². The Labute approximate surface area is 227 Å². The number of halogens is 2. The van der Waals surface area contributed by atoms with E-state index in [0.717, 1.165) is 37.8 Å². The van der Waals surface area contributed by atoms with E-state index in [4.69, 9.17) is 4.74 Å². The first-order valence-corrected chi connectivity index (χ1v) is 15.0. The summed E-state index contributed by atoms with van der Waals surface area (Å²) in [6.07, 6.45) is 4.77. The topological polar surface area (TPSA) is 76.7 Å². The van der Waals surface area contributed by atoms with Gasteiger partial charge in [-0.1, -0.05) is 25.1 Å². The SMILES string of the molecule is CCC[S+]([O-])N1CCNC[C@@H]1CCc1c(F)cccc1NC(=O)CC(c1ccc(F)cc1)C1CCCCO1. The largest absolute Gasteiger partial charge is 0.598 e. The Morgan fingerprint density at radius 2 is 2.05 bits per heavy atom. The van der Waals surface area contributed by atoms with E-state index in [-0.39, 0.29) is 42.0 Å². The van der Waals surface area contributed by atoms with Gasteiger partial charge in [0.05, 0.1) is 18.7 Å². The molecular weight excluding hydrogens is 508 g/mol. The zero-order valence-electron chi connectivity index (χ0n) is 22.1. The molecule has 0 bridgehead atoms. The summed E-state index contributed by atoms with van der Waals surface area (Å²) in [5, 5.41) is 6.30. The van der Waals surface area contributed by atoms with Gasteiger partial charge in [-0.25, -0.2) is 8.78 Å². The summed E-state index contributed by atoms with van der Waals surface area (Å²) < 4.78 is 49.3. The van der Waals surface area contributed by atoms with Gasteiger partial charge < -0.3 is 19.9 Å². The molecule has 2 saturated heterocycles. The molecule has 208 valence electrons. The van der Waals surface area contributed by atoms with Gasteiger partial charge in [0.2, 0.25) is 5.91 Å². The van der Waals surface area contributed by atoms with E-state index in [9.17, 15) is 18.1 Å². The van der Waals surface area contributed by atoms with Crippen LogP contribution >= 0.6 is 0 Å². The fraction of sp³-hybridized carbons (Fsp3) is 0.552. The lowest BCUT2D eigenvalue weighted by atomic mass is 9.86. The van der Waals surface area contributed by atoms with Gasteiger partial charge >= 0.3 is 0 Å². The van der Waals surface area contributed by atoms with Crippen molar-refractivity contribution in [3.05, 3.63) is 65.2 Å². The lowest BCUT2D eigenvalue weighted by molar-refractivity contribution is -0.117. The number of nitrogens with one attached hydrogen (secondary N) is 2. The molecule has 0 saturated carbocycles. The predicted molar refractivity (Wildman–Crippen MR) is 147 cm³/mol. The van der Waals surface area contributed by atoms with E-state index < -0.39 is 11.4 Å². The molecule has 2 aliphatic heterocycles. The molecule has 2 heterocycles. The molecule has 2 N–H and O–H groups in total. The van der Waals surface area contributed by atoms with Crippen LogP contribution in [0.1, 0.15) is 62.5 Å². The van der Waals surface area contributed by atoms with Crippen molar-refractivity contribution in [1.82, 2.24) is 9.62 Å². The molecule has 2 aliphatic rings. The summed E-state index contributed by atoms with van der Waals surface area (Å²) in [4.78, 5) is 13.3. The van der Waals surface area contributed by atoms with Crippen LogP contribution in [0.2, 0.25) is 0 Å². The minimum Gasteiger partial charge on any atom is -0.598 e. The molecule has 0 aliphatic carbocycles. The first kappa shape index (κ1) is 29.0. The maximum atomic E-state index is 15.0. The fourth-order valence-corrected chi connectivity index (χ4v) is 6.84. The number of hydrogen-bond donors (Lipinski definition) is 2. The standard InChI is InChI=1S/C29H39F2N3O3S/c1-2-18-38(36)34-16-15-32-20-23(34)13-14-24-26(31)6-5-7-27(24)33-29(35)19-25(28-8-3-4-17-37-28)21-9-11-22(30)12-10-21/h5-7,9-12,23,25,28,32H,2-4,8,13-20H2,1H3,(H,33,35)/t23-,25?,28?,38?/m0/s1. The molecule has 0 radical (unpaired) electrons. The second-order valence-electron chi connectivity index (χ2n) is 10.1. The number of nitrogens with zero attached hydrogens (tertiary/aromatic N) is 1. The minimum absolute atomic E-state index is 0.0330. The van der Waals surface area contributed by atoms with Crippen molar-refractivity contribution in [2.75, 3.05) is 37.3 Å². The highest BCUT2D eigenvalue weighted by atomic mass is 32.2. The van der Waals surface area contributed by atoms with Gasteiger partial charge in [0.25, 0.3) is 0 Å². The quantitative estimate of drug-likeness (QED) is 0.391. The van der Waals surface area contributed by atoms with Crippen molar-refractivity contribution >= 4 is 23.0 Å². The molecule has 1 amide bonds. The van der Waals surface area contributed by atoms with E-state index in [1.807, 2.05) is 11.2 Å². The number of rotatable bonds is 11. The van der Waals surface area contributed by atoms with Crippen molar-refractivity contribution in [3.63, 3.8) is 0 Å². The van der Waals surface area contributed by atoms with Gasteiger partial charge in [0.1, 0.15) is 17.4 Å². The maximum Gasteiger partial charge on any atom is 0.225 e. The van der Waals surface area contributed by atoms with Crippen LogP contribution in [-0.2, 0) is 27.3 Å². The molecule has 2 fully saturated rings. The molecule has 4 atom stereocenters. The van der Waals surface area contributed by atoms with Crippen molar-refractivity contribution < 1.29 is 22.9 Å². The summed E-state index contributed by atoms with van der Waals surface area (Å²) >= 11 is -1.05. The molecule has 4 rings (SSSR count). The molecule has 2 aromatic rings. The number of ether oxygens (including phenoxy) is 1. The number of carbonyl (C=O) groups is 1. The van der Waals surface area contributed by atoms with Crippen LogP contribution in [0.25, 0.3) is 0 Å². The van der Waals surface area contributed by atoms with E-state index in [2.05, 4.69) is 10.6 Å². The number of benzene rings is 2. The third kappa shape index (κ3) is 7.76. The summed E-state index contributed by atoms with van der Waals surface area (Å²) in [5.41, 5.74) is 1.78. The van der Waals surface area contributed by atoms with E-state index in [0.29, 0.717) is 49.5 Å². The van der Waals surface area contributed by atoms with Crippen LogP contribution < -0.4 is 10.6 Å². The Hall–Kier alpha value is -2.04. The number of hydrogen-bond acceptors (Lipinski definition) is 5. The lowest BCUT2D eigenvalue weighted by Crippen LogP contribution is -2.54. The molecule has 0 spiro atoms. The third-order valence-electron chi connectivity index (χ3n) is 7.42. The fourth-order valence-electron chi connectivity index (χ4n) is 5.45. The van der Waals surface area contributed by atoms with Crippen molar-refractivity contribution in [2.24, 2.45) is 0 Å². The Morgan fingerprint density at radius 3 is 2.79 bits per heavy atom. The van der Waals surface area contributed by atoms with E-state index in [1.165, 1.54) is 18.2 Å². The predicted octanol–water partition coefficient (Wildman–Crippen LogP) is 4.93. The van der Waals surface area contributed by atoms with Crippen LogP contribution in [0.3, 0.4) is 0 Å². The second-order valence-corrected chi connectivity index (χ2v) is 11.7. The number of anilines is 1. The minimum atomic E-state index is -1.05. The number of carbonyl (C=O) groups excluding carboxylic acids is 1. The zero-order chi connectivity index (χ0) is 26.9. The van der Waals surface area contributed by atoms with Gasteiger partial charge in [0, 0.05) is 54.6 Å². The van der Waals surface area contributed by atoms with Crippen LogP contribution in [0.4, 0.5) is 14.5 Å². The normalized spacial score (nSPS) is 22.1. The average Bonchev–Trinajstić information content (AvgIpc) is 2.93. The monoisotopic (exact) mass is 547 g/mol. The highest BCUT2D eigenvalue weighted by Gasteiger charge is 2.32. The van der Waals surface area contributed by atoms with Gasteiger partial charge in [0.15, 0.2) is 0 Å². The molecule has 9 heteroatoms. The third-order valence-corrected chi connectivity index (χ3v) is 9.19. The zero-order valence-corrected chi connectivity index (χ0v) is 22.9. The van der Waals surface area contributed by atoms with Crippen LogP contribution in [0, 0.1) is 11.6 Å². The second kappa shape index (κ2) is 14.4. The summed E-state index contributed by atoms with van der Waals surface area (Å²) in [6.45, 7) is 4.85. The van der Waals surface area contributed by atoms with Crippen LogP contribution in [0.5, 0.6) is 0 Å². The van der Waals surface area contributed by atoms with Crippen molar-refractivity contribution in [1.29, 1.82) is 0 Å². The highest BCUT2D eigenvalue weighted by Crippen LogP contribution is 2.32. The first-order valence-electron chi connectivity index (χ1n) is 13.8. The van der Waals surface area contributed by atoms with Gasteiger partial charge in [-0.05, 0) is 68.4 Å². The molecule has 38 heavy (non-hydrogen) atoms. The summed E-state index contributed by atoms with van der Waals surface area (Å²) in [5.74, 6) is -0.513. The number of amides is 1. The first-order chi connectivity index (χ1) is 18.5. The summed E-state index contributed by atoms with van der Waals surface area (Å²) in [6, 6.07) is 11.0. The molecule has 3 unspecified atom stereocenters. The van der Waals surface area contributed by atoms with Gasteiger partial charge in [-0.2, -0.15) is 0 Å². The Balaban J connectivity index is 1.45. The van der Waals surface area contributed by atoms with Gasteiger partial charge in [-0.15, -0.1) is 4.31 Å². The summed E-state index contributed by atoms with van der Waals surface area (Å²) in [7, 11) is 0. The Kier molecular flexibility index (Phi) is 11.0. The average molecular weight is 548 g/mol. The maximum absolute atomic E-state index is 15.0. The number of piperazine rings is 1. The van der Waals surface area contributed by atoms with Crippen LogP contribution in [0.15, 0.2) is 42.5 Å². The highest BCUT2D eigenvalue weighted by molar-refractivity contribution is 7.89. The van der Waals surface area contributed by atoms with E-state index in [1.54, 1.807) is 24.3 Å². The Bertz CT molecular complexity index is 1040. The molecular formula is C29H39F2N3O3S.